The van der Waals surface area contributed by atoms with E-state index in [1.165, 1.54) is 12.5 Å². The fraction of sp³-hybridized carbons (Fsp3) is 0.647. The van der Waals surface area contributed by atoms with Gasteiger partial charge in [-0.05, 0) is 49.7 Å². The van der Waals surface area contributed by atoms with Gasteiger partial charge in [0, 0.05) is 19.1 Å². The van der Waals surface area contributed by atoms with Crippen LogP contribution in [0.3, 0.4) is 0 Å². The summed E-state index contributed by atoms with van der Waals surface area (Å²) in [7, 11) is 0. The SMILES string of the molecule is CCN(CC1CC(C)(C)CCC1N)c1ccccc1F. The first kappa shape index (κ1) is 15.3. The molecule has 0 aliphatic heterocycles. The Morgan fingerprint density at radius 1 is 1.35 bits per heavy atom. The summed E-state index contributed by atoms with van der Waals surface area (Å²) in [6.07, 6.45) is 3.39. The molecule has 2 atom stereocenters. The third-order valence-corrected chi connectivity index (χ3v) is 4.60. The van der Waals surface area contributed by atoms with Crippen LogP contribution in [0.5, 0.6) is 0 Å². The Labute approximate surface area is 122 Å². The Balaban J connectivity index is 2.12. The predicted octanol–water partition coefficient (Wildman–Crippen LogP) is 3.81. The average molecular weight is 278 g/mol. The lowest BCUT2D eigenvalue weighted by atomic mass is 9.70. The van der Waals surface area contributed by atoms with Crippen LogP contribution in [0.2, 0.25) is 0 Å². The van der Waals surface area contributed by atoms with E-state index in [9.17, 15) is 4.39 Å². The molecule has 2 rings (SSSR count). The quantitative estimate of drug-likeness (QED) is 0.907. The molecule has 0 aromatic heterocycles. The molecule has 112 valence electrons. The number of hydrogen-bond acceptors (Lipinski definition) is 2. The van der Waals surface area contributed by atoms with E-state index in [1.807, 2.05) is 12.1 Å². The van der Waals surface area contributed by atoms with Gasteiger partial charge in [0.1, 0.15) is 5.82 Å². The third-order valence-electron chi connectivity index (χ3n) is 4.60. The molecule has 0 spiro atoms. The lowest BCUT2D eigenvalue weighted by molar-refractivity contribution is 0.160. The Hall–Kier alpha value is -1.09. The van der Waals surface area contributed by atoms with E-state index in [1.54, 1.807) is 6.07 Å². The van der Waals surface area contributed by atoms with E-state index in [0.717, 1.165) is 25.9 Å². The highest BCUT2D eigenvalue weighted by Gasteiger charge is 2.34. The Kier molecular flexibility index (Phi) is 4.69. The summed E-state index contributed by atoms with van der Waals surface area (Å²) < 4.78 is 14.0. The summed E-state index contributed by atoms with van der Waals surface area (Å²) >= 11 is 0. The maximum Gasteiger partial charge on any atom is 0.146 e. The summed E-state index contributed by atoms with van der Waals surface area (Å²) in [6.45, 7) is 8.36. The maximum atomic E-state index is 14.0. The van der Waals surface area contributed by atoms with E-state index in [2.05, 4.69) is 25.7 Å². The molecule has 0 radical (unpaired) electrons. The molecule has 2 unspecified atom stereocenters. The number of nitrogens with zero attached hydrogens (tertiary/aromatic N) is 1. The summed E-state index contributed by atoms with van der Waals surface area (Å²) in [5, 5.41) is 0. The van der Waals surface area contributed by atoms with Gasteiger partial charge in [0.05, 0.1) is 5.69 Å². The molecule has 1 saturated carbocycles. The van der Waals surface area contributed by atoms with Gasteiger partial charge in [0.15, 0.2) is 0 Å². The van der Waals surface area contributed by atoms with Crippen LogP contribution in [0.25, 0.3) is 0 Å². The van der Waals surface area contributed by atoms with Crippen LogP contribution in [0.4, 0.5) is 10.1 Å². The van der Waals surface area contributed by atoms with Gasteiger partial charge in [-0.1, -0.05) is 26.0 Å². The second-order valence-electron chi connectivity index (χ2n) is 6.82. The average Bonchev–Trinajstić information content (AvgIpc) is 2.41. The van der Waals surface area contributed by atoms with E-state index in [0.29, 0.717) is 17.0 Å². The molecule has 2 nitrogen and oxygen atoms in total. The van der Waals surface area contributed by atoms with Crippen molar-refractivity contribution in [3.63, 3.8) is 0 Å². The van der Waals surface area contributed by atoms with Crippen molar-refractivity contribution in [1.82, 2.24) is 0 Å². The zero-order valence-electron chi connectivity index (χ0n) is 12.9. The number of nitrogens with two attached hydrogens (primary N) is 1. The van der Waals surface area contributed by atoms with Crippen molar-refractivity contribution >= 4 is 5.69 Å². The number of benzene rings is 1. The van der Waals surface area contributed by atoms with Crippen molar-refractivity contribution in [1.29, 1.82) is 0 Å². The fourth-order valence-corrected chi connectivity index (χ4v) is 3.35. The Bertz CT molecular complexity index is 444. The highest BCUT2D eigenvalue weighted by molar-refractivity contribution is 5.47. The number of para-hydroxylation sites is 1. The minimum atomic E-state index is -0.141. The van der Waals surface area contributed by atoms with Gasteiger partial charge >= 0.3 is 0 Å². The fourth-order valence-electron chi connectivity index (χ4n) is 3.35. The molecular formula is C17H27FN2. The van der Waals surface area contributed by atoms with Crippen LogP contribution >= 0.6 is 0 Å². The van der Waals surface area contributed by atoms with E-state index in [4.69, 9.17) is 5.73 Å². The molecule has 20 heavy (non-hydrogen) atoms. The summed E-state index contributed by atoms with van der Waals surface area (Å²) in [4.78, 5) is 2.13. The van der Waals surface area contributed by atoms with Crippen LogP contribution in [0.1, 0.15) is 40.0 Å². The summed E-state index contributed by atoms with van der Waals surface area (Å²) in [5.74, 6) is 0.302. The third kappa shape index (κ3) is 3.51. The highest BCUT2D eigenvalue weighted by Crippen LogP contribution is 2.38. The number of rotatable bonds is 4. The number of anilines is 1. The predicted molar refractivity (Wildman–Crippen MR) is 83.4 cm³/mol. The molecule has 0 heterocycles. The van der Waals surface area contributed by atoms with Crippen molar-refractivity contribution in [3.8, 4) is 0 Å². The van der Waals surface area contributed by atoms with Crippen LogP contribution in [-0.4, -0.2) is 19.1 Å². The molecule has 3 heteroatoms. The van der Waals surface area contributed by atoms with Crippen LogP contribution in [0, 0.1) is 17.2 Å². The lowest BCUT2D eigenvalue weighted by Gasteiger charge is -2.41. The normalized spacial score (nSPS) is 25.4. The van der Waals surface area contributed by atoms with Crippen LogP contribution in [-0.2, 0) is 0 Å². The first-order valence-corrected chi connectivity index (χ1v) is 7.68. The van der Waals surface area contributed by atoms with Gasteiger partial charge < -0.3 is 10.6 Å². The van der Waals surface area contributed by atoms with Crippen LogP contribution in [0.15, 0.2) is 24.3 Å². The molecule has 0 bridgehead atoms. The Morgan fingerprint density at radius 2 is 2.05 bits per heavy atom. The molecule has 0 amide bonds. The van der Waals surface area contributed by atoms with Gasteiger partial charge in [0.2, 0.25) is 0 Å². The van der Waals surface area contributed by atoms with Crippen molar-refractivity contribution in [2.45, 2.75) is 46.1 Å². The molecule has 1 aliphatic rings. The minimum Gasteiger partial charge on any atom is -0.369 e. The molecule has 1 aromatic carbocycles. The minimum absolute atomic E-state index is 0.141. The van der Waals surface area contributed by atoms with Gasteiger partial charge in [-0.15, -0.1) is 0 Å². The van der Waals surface area contributed by atoms with Crippen molar-refractivity contribution in [2.24, 2.45) is 17.1 Å². The van der Waals surface area contributed by atoms with Gasteiger partial charge in [-0.2, -0.15) is 0 Å². The van der Waals surface area contributed by atoms with Crippen LogP contribution < -0.4 is 10.6 Å². The van der Waals surface area contributed by atoms with Crippen molar-refractivity contribution in [2.75, 3.05) is 18.0 Å². The first-order valence-electron chi connectivity index (χ1n) is 7.68. The monoisotopic (exact) mass is 278 g/mol. The molecular weight excluding hydrogens is 251 g/mol. The van der Waals surface area contributed by atoms with E-state index in [-0.39, 0.29) is 11.9 Å². The highest BCUT2D eigenvalue weighted by atomic mass is 19.1. The molecule has 1 fully saturated rings. The Morgan fingerprint density at radius 3 is 2.70 bits per heavy atom. The number of halogens is 1. The molecule has 1 aromatic rings. The standard InChI is InChI=1S/C17H27FN2/c1-4-20(16-8-6-5-7-14(16)18)12-13-11-17(2,3)10-9-15(13)19/h5-8,13,15H,4,9-12,19H2,1-3H3. The smallest absolute Gasteiger partial charge is 0.146 e. The lowest BCUT2D eigenvalue weighted by Crippen LogP contribution is -2.45. The van der Waals surface area contributed by atoms with Gasteiger partial charge in [-0.3, -0.25) is 0 Å². The largest absolute Gasteiger partial charge is 0.369 e. The second-order valence-corrected chi connectivity index (χ2v) is 6.82. The second kappa shape index (κ2) is 6.13. The molecule has 1 aliphatic carbocycles. The zero-order chi connectivity index (χ0) is 14.8. The first-order chi connectivity index (χ1) is 9.43. The summed E-state index contributed by atoms with van der Waals surface area (Å²) in [5.41, 5.74) is 7.35. The zero-order valence-corrected chi connectivity index (χ0v) is 12.9. The molecule has 0 saturated heterocycles. The van der Waals surface area contributed by atoms with E-state index >= 15 is 0 Å². The van der Waals surface area contributed by atoms with Gasteiger partial charge in [0.25, 0.3) is 0 Å². The van der Waals surface area contributed by atoms with Gasteiger partial charge in [-0.25, -0.2) is 4.39 Å². The van der Waals surface area contributed by atoms with Crippen molar-refractivity contribution < 1.29 is 4.39 Å². The maximum absolute atomic E-state index is 14.0. The van der Waals surface area contributed by atoms with Crippen molar-refractivity contribution in [3.05, 3.63) is 30.1 Å². The topological polar surface area (TPSA) is 29.3 Å². The molecule has 2 N–H and O–H groups in total. The number of hydrogen-bond donors (Lipinski definition) is 1. The van der Waals surface area contributed by atoms with E-state index < -0.39 is 0 Å². The summed E-state index contributed by atoms with van der Waals surface area (Å²) in [6, 6.07) is 7.26.